The topological polar surface area (TPSA) is 31.2 Å². The molecule has 11 heavy (non-hydrogen) atoms. The summed E-state index contributed by atoms with van der Waals surface area (Å²) in [7, 11) is 0. The number of carbonyl (C=O) groups is 1. The molecule has 0 N–H and O–H groups in total. The Morgan fingerprint density at radius 2 is 2.18 bits per heavy atom. The molecule has 1 aromatic carbocycles. The molecule has 0 saturated carbocycles. The molecular formula is C8H6NOS. The van der Waals surface area contributed by atoms with Gasteiger partial charge in [-0.05, 0) is 12.1 Å². The number of rotatable bonds is 0. The number of thioether (sulfide) groups is 1. The summed E-state index contributed by atoms with van der Waals surface area (Å²) in [6.45, 7) is 0. The molecule has 1 aliphatic heterocycles. The Balaban J connectivity index is 2.41. The fourth-order valence-electron chi connectivity index (χ4n) is 0.978. The number of carbonyl (C=O) groups excluding carboxylic acids is 1. The fraction of sp³-hybridized carbons (Fsp3) is 0.125. The van der Waals surface area contributed by atoms with Crippen molar-refractivity contribution in [2.45, 2.75) is 4.90 Å². The maximum Gasteiger partial charge on any atom is 0.256 e. The molecule has 0 saturated heterocycles. The molecule has 0 unspecified atom stereocenters. The van der Waals surface area contributed by atoms with E-state index in [0.29, 0.717) is 5.75 Å². The van der Waals surface area contributed by atoms with Crippen molar-refractivity contribution < 1.29 is 4.79 Å². The molecule has 3 heteroatoms. The van der Waals surface area contributed by atoms with Gasteiger partial charge in [0.25, 0.3) is 5.91 Å². The maximum absolute atomic E-state index is 10.8. The number of para-hydroxylation sites is 1. The van der Waals surface area contributed by atoms with Crippen molar-refractivity contribution in [3.8, 4) is 0 Å². The van der Waals surface area contributed by atoms with Crippen LogP contribution in [0.3, 0.4) is 0 Å². The van der Waals surface area contributed by atoms with E-state index in [9.17, 15) is 4.79 Å². The normalized spacial score (nSPS) is 15.5. The Hall–Kier alpha value is -0.960. The van der Waals surface area contributed by atoms with Crippen LogP contribution in [-0.4, -0.2) is 11.7 Å². The average Bonchev–Trinajstić information content (AvgIpc) is 2.04. The zero-order valence-electron chi connectivity index (χ0n) is 5.78. The lowest BCUT2D eigenvalue weighted by molar-refractivity contribution is -0.117. The lowest BCUT2D eigenvalue weighted by atomic mass is 10.3. The quantitative estimate of drug-likeness (QED) is 0.582. The summed E-state index contributed by atoms with van der Waals surface area (Å²) < 4.78 is 0. The molecular weight excluding hydrogens is 158 g/mol. The summed E-state index contributed by atoms with van der Waals surface area (Å²) in [4.78, 5) is 11.9. The second-order valence-corrected chi connectivity index (χ2v) is 3.28. The second kappa shape index (κ2) is 2.58. The van der Waals surface area contributed by atoms with Gasteiger partial charge in [0, 0.05) is 4.90 Å². The summed E-state index contributed by atoms with van der Waals surface area (Å²) in [5.74, 6) is 0.450. The Morgan fingerprint density at radius 3 is 3.09 bits per heavy atom. The van der Waals surface area contributed by atoms with Gasteiger partial charge in [0.2, 0.25) is 0 Å². The third-order valence-electron chi connectivity index (χ3n) is 1.46. The molecule has 2 rings (SSSR count). The molecule has 0 aromatic heterocycles. The van der Waals surface area contributed by atoms with Gasteiger partial charge in [0.05, 0.1) is 11.4 Å². The summed E-state index contributed by atoms with van der Waals surface area (Å²) in [5, 5.41) is 3.89. The molecule has 0 aliphatic carbocycles. The van der Waals surface area contributed by atoms with Crippen molar-refractivity contribution in [1.82, 2.24) is 5.32 Å². The maximum atomic E-state index is 10.8. The van der Waals surface area contributed by atoms with E-state index in [1.807, 2.05) is 24.3 Å². The highest BCUT2D eigenvalue weighted by Crippen LogP contribution is 2.30. The first kappa shape index (κ1) is 6.73. The standard InChI is InChI=1S/C8H6NOS/c10-8-5-11-7-4-2-1-3-6(7)9-8/h1-4H,5H2. The van der Waals surface area contributed by atoms with Gasteiger partial charge < -0.3 is 0 Å². The average molecular weight is 164 g/mol. The summed E-state index contributed by atoms with van der Waals surface area (Å²) in [6.07, 6.45) is 0. The molecule has 0 spiro atoms. The molecule has 0 atom stereocenters. The lowest BCUT2D eigenvalue weighted by Gasteiger charge is -2.12. The van der Waals surface area contributed by atoms with Crippen molar-refractivity contribution in [3.63, 3.8) is 0 Å². The summed E-state index contributed by atoms with van der Waals surface area (Å²) in [6, 6.07) is 7.69. The number of nitrogens with zero attached hydrogens (tertiary/aromatic N) is 1. The largest absolute Gasteiger partial charge is 0.272 e. The van der Waals surface area contributed by atoms with E-state index >= 15 is 0 Å². The second-order valence-electron chi connectivity index (χ2n) is 2.26. The first-order chi connectivity index (χ1) is 5.36. The highest BCUT2D eigenvalue weighted by Gasteiger charge is 2.15. The number of fused-ring (bicyclic) bond motifs is 1. The van der Waals surface area contributed by atoms with Crippen LogP contribution in [0.1, 0.15) is 0 Å². The monoisotopic (exact) mass is 164 g/mol. The minimum absolute atomic E-state index is 0.0336. The molecule has 55 valence electrons. The number of hydrogen-bond acceptors (Lipinski definition) is 2. The van der Waals surface area contributed by atoms with Crippen LogP contribution in [0.25, 0.3) is 0 Å². The van der Waals surface area contributed by atoms with Crippen LogP contribution in [0.5, 0.6) is 0 Å². The van der Waals surface area contributed by atoms with Crippen LogP contribution < -0.4 is 5.32 Å². The first-order valence-electron chi connectivity index (χ1n) is 3.33. The van der Waals surface area contributed by atoms with E-state index < -0.39 is 0 Å². The van der Waals surface area contributed by atoms with Crippen LogP contribution in [0, 0.1) is 0 Å². The highest BCUT2D eigenvalue weighted by atomic mass is 32.2. The Morgan fingerprint density at radius 1 is 1.36 bits per heavy atom. The number of amides is 1. The van der Waals surface area contributed by atoms with Crippen LogP contribution >= 0.6 is 11.8 Å². The molecule has 0 fully saturated rings. The Bertz CT molecular complexity index is 298. The predicted octanol–water partition coefficient (Wildman–Crippen LogP) is 1.55. The Labute approximate surface area is 69.0 Å². The van der Waals surface area contributed by atoms with Crippen molar-refractivity contribution in [1.29, 1.82) is 0 Å². The van der Waals surface area contributed by atoms with Gasteiger partial charge in [-0.2, -0.15) is 0 Å². The van der Waals surface area contributed by atoms with Gasteiger partial charge >= 0.3 is 0 Å². The predicted molar refractivity (Wildman–Crippen MR) is 44.0 cm³/mol. The third kappa shape index (κ3) is 1.24. The molecule has 1 aliphatic rings. The van der Waals surface area contributed by atoms with Crippen LogP contribution in [0.2, 0.25) is 0 Å². The first-order valence-corrected chi connectivity index (χ1v) is 4.31. The van der Waals surface area contributed by atoms with Crippen molar-refractivity contribution in [3.05, 3.63) is 24.3 Å². The van der Waals surface area contributed by atoms with Gasteiger partial charge in [0.15, 0.2) is 0 Å². The molecule has 1 aromatic rings. The molecule has 1 radical (unpaired) electrons. The summed E-state index contributed by atoms with van der Waals surface area (Å²) in [5.41, 5.74) is 0.814. The zero-order valence-corrected chi connectivity index (χ0v) is 6.60. The van der Waals surface area contributed by atoms with E-state index in [4.69, 9.17) is 0 Å². The minimum atomic E-state index is -0.0336. The van der Waals surface area contributed by atoms with Gasteiger partial charge in [-0.15, -0.1) is 11.8 Å². The highest BCUT2D eigenvalue weighted by molar-refractivity contribution is 8.00. The van der Waals surface area contributed by atoms with Gasteiger partial charge in [0.1, 0.15) is 0 Å². The minimum Gasteiger partial charge on any atom is -0.272 e. The fourth-order valence-corrected chi connectivity index (χ4v) is 1.76. The van der Waals surface area contributed by atoms with E-state index in [1.165, 1.54) is 0 Å². The van der Waals surface area contributed by atoms with Crippen molar-refractivity contribution in [2.75, 3.05) is 5.75 Å². The molecule has 1 amide bonds. The number of hydrogen-bond donors (Lipinski definition) is 0. The van der Waals surface area contributed by atoms with Crippen LogP contribution in [0.15, 0.2) is 29.2 Å². The smallest absolute Gasteiger partial charge is 0.256 e. The Kier molecular flexibility index (Phi) is 1.58. The van der Waals surface area contributed by atoms with Gasteiger partial charge in [-0.3, -0.25) is 4.79 Å². The molecule has 2 nitrogen and oxygen atoms in total. The third-order valence-corrected chi connectivity index (χ3v) is 2.51. The van der Waals surface area contributed by atoms with Crippen LogP contribution in [-0.2, 0) is 4.79 Å². The molecule has 1 heterocycles. The summed E-state index contributed by atoms with van der Waals surface area (Å²) >= 11 is 1.55. The van der Waals surface area contributed by atoms with E-state index in [1.54, 1.807) is 11.8 Å². The van der Waals surface area contributed by atoms with E-state index in [2.05, 4.69) is 5.32 Å². The number of benzene rings is 1. The van der Waals surface area contributed by atoms with E-state index in [-0.39, 0.29) is 5.91 Å². The van der Waals surface area contributed by atoms with E-state index in [0.717, 1.165) is 10.6 Å². The zero-order chi connectivity index (χ0) is 7.68. The molecule has 0 bridgehead atoms. The SMILES string of the molecule is O=C1CSc2ccccc2[N]1. The van der Waals surface area contributed by atoms with Gasteiger partial charge in [-0.25, -0.2) is 5.32 Å². The van der Waals surface area contributed by atoms with Crippen molar-refractivity contribution in [2.24, 2.45) is 0 Å². The lowest BCUT2D eigenvalue weighted by Crippen LogP contribution is -2.17. The van der Waals surface area contributed by atoms with Crippen LogP contribution in [0.4, 0.5) is 5.69 Å². The van der Waals surface area contributed by atoms with Crippen molar-refractivity contribution >= 4 is 23.4 Å². The van der Waals surface area contributed by atoms with Gasteiger partial charge in [-0.1, -0.05) is 12.1 Å².